The zero-order chi connectivity index (χ0) is 11.0. The molecule has 0 aromatic heterocycles. The van der Waals surface area contributed by atoms with Crippen molar-refractivity contribution in [1.29, 1.82) is 0 Å². The largest absolute Gasteiger partial charge is 0.595 e. The molecule has 1 atom stereocenters. The van der Waals surface area contributed by atoms with Crippen LogP contribution in [0.15, 0.2) is 17.4 Å². The van der Waals surface area contributed by atoms with E-state index in [-0.39, 0.29) is 5.78 Å². The molecule has 0 radical (unpaired) electrons. The van der Waals surface area contributed by atoms with Crippen LogP contribution in [0.2, 0.25) is 0 Å². The van der Waals surface area contributed by atoms with Gasteiger partial charge >= 0.3 is 0 Å². The highest BCUT2D eigenvalue weighted by Gasteiger charge is 2.08. The van der Waals surface area contributed by atoms with Gasteiger partial charge in [-0.05, 0) is 37.9 Å². The van der Waals surface area contributed by atoms with Crippen molar-refractivity contribution in [3.8, 4) is 0 Å². The molecule has 0 fully saturated rings. The molecule has 0 bridgehead atoms. The van der Waals surface area contributed by atoms with E-state index < -0.39 is 6.04 Å². The molecular weight excluding hydrogens is 180 g/mol. The van der Waals surface area contributed by atoms with E-state index in [1.807, 2.05) is 0 Å². The number of carbonyl (C=O) groups is 1. The summed E-state index contributed by atoms with van der Waals surface area (Å²) in [6.45, 7) is 5.11. The number of rotatable bonds is 6. The van der Waals surface area contributed by atoms with Gasteiger partial charge in [0.25, 0.3) is 0 Å². The maximum atomic E-state index is 11.0. The standard InChI is InChI=1S/C10H18N2O2/c1-4-5-6-7-8-12(14)11-9(2)10(3)13/h7-9H,4-6H2,1-3H3/b8-7-,12-11?/t9-/m0/s1. The predicted octanol–water partition coefficient (Wildman–Crippen LogP) is 2.63. The maximum absolute atomic E-state index is 11.0. The highest BCUT2D eigenvalue weighted by molar-refractivity contribution is 5.80. The fraction of sp³-hybridized carbons (Fsp3) is 0.700. The molecule has 14 heavy (non-hydrogen) atoms. The molecule has 4 nitrogen and oxygen atoms in total. The fourth-order valence-corrected chi connectivity index (χ4v) is 0.777. The number of hydrogen-bond acceptors (Lipinski definition) is 3. The van der Waals surface area contributed by atoms with Gasteiger partial charge in [0.2, 0.25) is 6.20 Å². The predicted molar refractivity (Wildman–Crippen MR) is 54.9 cm³/mol. The van der Waals surface area contributed by atoms with Gasteiger partial charge in [-0.3, -0.25) is 4.79 Å². The third-order valence-electron chi connectivity index (χ3n) is 1.83. The average molecular weight is 198 g/mol. The van der Waals surface area contributed by atoms with Gasteiger partial charge < -0.3 is 5.21 Å². The number of allylic oxidation sites excluding steroid dienone is 1. The lowest BCUT2D eigenvalue weighted by Crippen LogP contribution is -2.12. The number of azo groups is 1. The molecule has 0 saturated heterocycles. The number of ketones is 1. The Kier molecular flexibility index (Phi) is 6.62. The van der Waals surface area contributed by atoms with Gasteiger partial charge in [0.15, 0.2) is 11.8 Å². The number of Topliss-reactive ketones (excluding diaryl/α,β-unsaturated/α-hetero) is 1. The van der Waals surface area contributed by atoms with Crippen LogP contribution in [0, 0.1) is 5.21 Å². The van der Waals surface area contributed by atoms with Crippen molar-refractivity contribution in [3.05, 3.63) is 17.5 Å². The van der Waals surface area contributed by atoms with Crippen molar-refractivity contribution in [2.24, 2.45) is 5.11 Å². The number of carbonyl (C=O) groups excluding carboxylic acids is 1. The zero-order valence-electron chi connectivity index (χ0n) is 9.06. The Morgan fingerprint density at radius 1 is 1.64 bits per heavy atom. The number of nitrogens with zero attached hydrogens (tertiary/aromatic N) is 2. The molecule has 0 heterocycles. The third-order valence-corrected chi connectivity index (χ3v) is 1.83. The number of hydrogen-bond donors (Lipinski definition) is 0. The van der Waals surface area contributed by atoms with E-state index in [2.05, 4.69) is 12.0 Å². The molecule has 4 heteroatoms. The Morgan fingerprint density at radius 3 is 2.79 bits per heavy atom. The summed E-state index contributed by atoms with van der Waals surface area (Å²) in [6, 6.07) is -0.552. The van der Waals surface area contributed by atoms with E-state index in [0.29, 0.717) is 4.86 Å². The lowest BCUT2D eigenvalue weighted by molar-refractivity contribution is -0.461. The number of hydroxylamine groups is 1. The molecule has 0 aliphatic carbocycles. The summed E-state index contributed by atoms with van der Waals surface area (Å²) in [5.74, 6) is -0.104. The second-order valence-corrected chi connectivity index (χ2v) is 3.23. The Balaban J connectivity index is 3.99. The lowest BCUT2D eigenvalue weighted by atomic mass is 10.2. The first-order valence-electron chi connectivity index (χ1n) is 4.92. The van der Waals surface area contributed by atoms with Crippen molar-refractivity contribution in [2.45, 2.75) is 46.1 Å². The first kappa shape index (κ1) is 12.8. The van der Waals surface area contributed by atoms with Crippen LogP contribution >= 0.6 is 0 Å². The minimum Gasteiger partial charge on any atom is -0.595 e. The Labute approximate surface area is 84.9 Å². The molecule has 0 saturated carbocycles. The van der Waals surface area contributed by atoms with Crippen molar-refractivity contribution < 1.29 is 9.66 Å². The van der Waals surface area contributed by atoms with Crippen molar-refractivity contribution in [2.75, 3.05) is 0 Å². The summed E-state index contributed by atoms with van der Waals surface area (Å²) < 4.78 is 0. The molecule has 0 aliphatic heterocycles. The van der Waals surface area contributed by atoms with Gasteiger partial charge in [0.1, 0.15) is 0 Å². The topological polar surface area (TPSA) is 55.5 Å². The summed E-state index contributed by atoms with van der Waals surface area (Å²) in [4.78, 5) is 11.2. The van der Waals surface area contributed by atoms with Gasteiger partial charge in [-0.25, -0.2) is 0 Å². The van der Waals surface area contributed by atoms with Gasteiger partial charge in [-0.2, -0.15) is 0 Å². The van der Waals surface area contributed by atoms with Crippen molar-refractivity contribution >= 4 is 5.78 Å². The summed E-state index contributed by atoms with van der Waals surface area (Å²) in [6.07, 6.45) is 6.16. The van der Waals surface area contributed by atoms with Crippen LogP contribution in [0.3, 0.4) is 0 Å². The molecule has 0 spiro atoms. The first-order chi connectivity index (χ1) is 6.57. The van der Waals surface area contributed by atoms with E-state index in [1.165, 1.54) is 13.1 Å². The Hall–Kier alpha value is -1.19. The zero-order valence-corrected chi connectivity index (χ0v) is 9.06. The molecule has 0 aromatic rings. The van der Waals surface area contributed by atoms with Crippen LogP contribution in [0.25, 0.3) is 0 Å². The third kappa shape index (κ3) is 6.34. The number of unbranched alkanes of at least 4 members (excludes halogenated alkanes) is 2. The highest BCUT2D eigenvalue weighted by atomic mass is 16.5. The molecule has 0 amide bonds. The monoisotopic (exact) mass is 198 g/mol. The van der Waals surface area contributed by atoms with E-state index in [1.54, 1.807) is 13.0 Å². The van der Waals surface area contributed by atoms with Gasteiger partial charge in [0.05, 0.1) is 0 Å². The minimum absolute atomic E-state index is 0.104. The molecule has 0 N–H and O–H groups in total. The summed E-state index contributed by atoms with van der Waals surface area (Å²) in [7, 11) is 0. The first-order valence-corrected chi connectivity index (χ1v) is 4.92. The van der Waals surface area contributed by atoms with Gasteiger partial charge in [-0.15, -0.1) is 0 Å². The van der Waals surface area contributed by atoms with Crippen LogP contribution in [0.1, 0.15) is 40.0 Å². The molecule has 0 aromatic carbocycles. The maximum Gasteiger partial charge on any atom is 0.205 e. The lowest BCUT2D eigenvalue weighted by Gasteiger charge is -1.98. The quantitative estimate of drug-likeness (QED) is 0.285. The van der Waals surface area contributed by atoms with E-state index in [9.17, 15) is 10.0 Å². The highest BCUT2D eigenvalue weighted by Crippen LogP contribution is 1.96. The average Bonchev–Trinajstić information content (AvgIpc) is 2.12. The Morgan fingerprint density at radius 2 is 2.29 bits per heavy atom. The van der Waals surface area contributed by atoms with E-state index in [0.717, 1.165) is 19.3 Å². The minimum atomic E-state index is -0.552. The molecule has 80 valence electrons. The second-order valence-electron chi connectivity index (χ2n) is 3.23. The van der Waals surface area contributed by atoms with E-state index >= 15 is 0 Å². The van der Waals surface area contributed by atoms with Crippen molar-refractivity contribution in [3.63, 3.8) is 0 Å². The molecule has 0 rings (SSSR count). The van der Waals surface area contributed by atoms with Crippen LogP contribution in [0.4, 0.5) is 0 Å². The second kappa shape index (κ2) is 7.24. The van der Waals surface area contributed by atoms with Gasteiger partial charge in [-0.1, -0.05) is 18.2 Å². The summed E-state index contributed by atoms with van der Waals surface area (Å²) in [5.41, 5.74) is 0. The summed E-state index contributed by atoms with van der Waals surface area (Å²) >= 11 is 0. The molecule has 0 aliphatic rings. The van der Waals surface area contributed by atoms with Crippen LogP contribution < -0.4 is 0 Å². The smallest absolute Gasteiger partial charge is 0.205 e. The SMILES string of the molecule is CCCC/C=C\[N+]([O-])=N[C@@H](C)C(C)=O. The van der Waals surface area contributed by atoms with Crippen LogP contribution in [-0.4, -0.2) is 16.7 Å². The van der Waals surface area contributed by atoms with Gasteiger partial charge in [0, 0.05) is 0 Å². The molecule has 0 unspecified atom stereocenters. The fourth-order valence-electron chi connectivity index (χ4n) is 0.777. The van der Waals surface area contributed by atoms with E-state index in [4.69, 9.17) is 0 Å². The summed E-state index contributed by atoms with van der Waals surface area (Å²) in [5, 5.41) is 14.6. The van der Waals surface area contributed by atoms with Crippen LogP contribution in [0.5, 0.6) is 0 Å². The van der Waals surface area contributed by atoms with Crippen LogP contribution in [-0.2, 0) is 4.79 Å². The van der Waals surface area contributed by atoms with Crippen molar-refractivity contribution in [1.82, 2.24) is 0 Å². The normalized spacial score (nSPS) is 14.6. The Bertz CT molecular complexity index is 234. The molecular formula is C10H18N2O2.